The third-order valence-corrected chi connectivity index (χ3v) is 5.09. The minimum atomic E-state index is -0.100. The predicted octanol–water partition coefficient (Wildman–Crippen LogP) is 4.54. The average Bonchev–Trinajstić information content (AvgIpc) is 3.13. The van der Waals surface area contributed by atoms with Gasteiger partial charge in [0.15, 0.2) is 0 Å². The molecule has 0 aliphatic heterocycles. The molecule has 0 bridgehead atoms. The van der Waals surface area contributed by atoms with Gasteiger partial charge in [0, 0.05) is 17.3 Å². The number of rotatable bonds is 6. The molecule has 1 aliphatic carbocycles. The van der Waals surface area contributed by atoms with Gasteiger partial charge in [0.2, 0.25) is 0 Å². The van der Waals surface area contributed by atoms with E-state index in [1.165, 1.54) is 0 Å². The van der Waals surface area contributed by atoms with Crippen molar-refractivity contribution in [2.75, 3.05) is 0 Å². The maximum absolute atomic E-state index is 13.1. The van der Waals surface area contributed by atoms with Gasteiger partial charge >= 0.3 is 0 Å². The molecule has 0 saturated heterocycles. The first-order chi connectivity index (χ1) is 12.6. The monoisotopic (exact) mass is 369 g/mol. The van der Waals surface area contributed by atoms with Crippen molar-refractivity contribution < 1.29 is 9.21 Å². The van der Waals surface area contributed by atoms with Gasteiger partial charge in [-0.2, -0.15) is 5.10 Å². The van der Waals surface area contributed by atoms with Crippen molar-refractivity contribution in [2.24, 2.45) is 0 Å². The summed E-state index contributed by atoms with van der Waals surface area (Å²) in [7, 11) is 0. The predicted molar refractivity (Wildman–Crippen MR) is 99.1 cm³/mol. The maximum Gasteiger partial charge on any atom is 0.257 e. The van der Waals surface area contributed by atoms with E-state index in [0.717, 1.165) is 24.2 Å². The summed E-state index contributed by atoms with van der Waals surface area (Å²) in [6.07, 6.45) is 7.12. The molecule has 1 saturated carbocycles. The van der Waals surface area contributed by atoms with Crippen LogP contribution in [0.15, 0.2) is 59.5 Å². The Kier molecular flexibility index (Phi) is 4.55. The summed E-state index contributed by atoms with van der Waals surface area (Å²) in [5.74, 6) is 0.788. The Hall–Kier alpha value is -2.53. The van der Waals surface area contributed by atoms with Crippen LogP contribution in [0.25, 0.3) is 0 Å². The van der Waals surface area contributed by atoms with E-state index in [2.05, 4.69) is 5.10 Å². The molecule has 6 heteroatoms. The summed E-state index contributed by atoms with van der Waals surface area (Å²) in [6, 6.07) is 11.6. The standard InChI is InChI=1S/C20H20ClN3O2/c1-14(19-7-4-10-26-19)24(17-8-9-17)20(25)16-11-22-23(13-16)12-15-5-2-3-6-18(15)21/h2-7,10-11,13-14,17H,8-9,12H2,1H3. The zero-order valence-electron chi connectivity index (χ0n) is 14.5. The molecule has 4 rings (SSSR count). The minimum Gasteiger partial charge on any atom is -0.467 e. The molecule has 0 N–H and O–H groups in total. The number of furan rings is 1. The number of amides is 1. The number of halogens is 1. The van der Waals surface area contributed by atoms with Crippen molar-refractivity contribution in [1.29, 1.82) is 0 Å². The Balaban J connectivity index is 1.54. The second-order valence-electron chi connectivity index (χ2n) is 6.65. The number of hydrogen-bond acceptors (Lipinski definition) is 3. The van der Waals surface area contributed by atoms with Crippen molar-refractivity contribution in [3.8, 4) is 0 Å². The van der Waals surface area contributed by atoms with Crippen LogP contribution in [0.2, 0.25) is 5.02 Å². The minimum absolute atomic E-state index is 0.0122. The van der Waals surface area contributed by atoms with Crippen LogP contribution in [0, 0.1) is 0 Å². The van der Waals surface area contributed by atoms with Gasteiger partial charge in [0.05, 0.1) is 30.6 Å². The molecular formula is C20H20ClN3O2. The van der Waals surface area contributed by atoms with Gasteiger partial charge < -0.3 is 9.32 Å². The zero-order chi connectivity index (χ0) is 18.1. The fourth-order valence-electron chi connectivity index (χ4n) is 3.19. The van der Waals surface area contributed by atoms with Crippen LogP contribution >= 0.6 is 11.6 Å². The van der Waals surface area contributed by atoms with E-state index >= 15 is 0 Å². The number of hydrogen-bond donors (Lipinski definition) is 0. The highest BCUT2D eigenvalue weighted by molar-refractivity contribution is 6.31. The van der Waals surface area contributed by atoms with Gasteiger partial charge in [-0.3, -0.25) is 9.48 Å². The number of carbonyl (C=O) groups excluding carboxylic acids is 1. The van der Waals surface area contributed by atoms with Crippen molar-refractivity contribution >= 4 is 17.5 Å². The SMILES string of the molecule is CC(c1ccco1)N(C(=O)c1cnn(Cc2ccccc2Cl)c1)C1CC1. The molecule has 26 heavy (non-hydrogen) atoms. The van der Waals surface area contributed by atoms with Crippen molar-refractivity contribution in [2.45, 2.75) is 38.4 Å². The lowest BCUT2D eigenvalue weighted by atomic mass is 10.2. The van der Waals surface area contributed by atoms with E-state index < -0.39 is 0 Å². The fourth-order valence-corrected chi connectivity index (χ4v) is 3.38. The van der Waals surface area contributed by atoms with E-state index in [1.54, 1.807) is 23.3 Å². The molecule has 1 aliphatic rings. The van der Waals surface area contributed by atoms with E-state index in [4.69, 9.17) is 16.0 Å². The first-order valence-electron chi connectivity index (χ1n) is 8.75. The number of nitrogens with zero attached hydrogens (tertiary/aromatic N) is 3. The lowest BCUT2D eigenvalue weighted by Gasteiger charge is -2.27. The smallest absolute Gasteiger partial charge is 0.257 e. The summed E-state index contributed by atoms with van der Waals surface area (Å²) >= 11 is 6.22. The summed E-state index contributed by atoms with van der Waals surface area (Å²) in [5.41, 5.74) is 1.56. The van der Waals surface area contributed by atoms with Crippen LogP contribution in [0.3, 0.4) is 0 Å². The second kappa shape index (κ2) is 7.00. The van der Waals surface area contributed by atoms with Gasteiger partial charge in [0.25, 0.3) is 5.91 Å². The quantitative estimate of drug-likeness (QED) is 0.640. The zero-order valence-corrected chi connectivity index (χ0v) is 15.3. The third-order valence-electron chi connectivity index (χ3n) is 4.72. The topological polar surface area (TPSA) is 51.3 Å². The molecule has 1 fully saturated rings. The highest BCUT2D eigenvalue weighted by Gasteiger charge is 2.38. The number of benzene rings is 1. The van der Waals surface area contributed by atoms with Gasteiger partial charge in [-0.15, -0.1) is 0 Å². The first-order valence-corrected chi connectivity index (χ1v) is 9.13. The van der Waals surface area contributed by atoms with Crippen molar-refractivity contribution in [3.05, 3.63) is 77.0 Å². The first kappa shape index (κ1) is 16.9. The summed E-state index contributed by atoms with van der Waals surface area (Å²) in [4.78, 5) is 15.0. The summed E-state index contributed by atoms with van der Waals surface area (Å²) in [6.45, 7) is 2.54. The summed E-state index contributed by atoms with van der Waals surface area (Å²) in [5, 5.41) is 5.04. The Morgan fingerprint density at radius 2 is 2.15 bits per heavy atom. The third kappa shape index (κ3) is 3.40. The Morgan fingerprint density at radius 1 is 1.35 bits per heavy atom. The number of aromatic nitrogens is 2. The molecule has 5 nitrogen and oxygen atoms in total. The molecule has 1 atom stereocenters. The van der Waals surface area contributed by atoms with Crippen LogP contribution in [0.4, 0.5) is 0 Å². The molecule has 1 amide bonds. The van der Waals surface area contributed by atoms with E-state index in [0.29, 0.717) is 17.1 Å². The Labute approximate surface area is 157 Å². The number of carbonyl (C=O) groups is 1. The molecule has 3 aromatic rings. The Morgan fingerprint density at radius 3 is 2.85 bits per heavy atom. The van der Waals surface area contributed by atoms with Gasteiger partial charge in [0.1, 0.15) is 5.76 Å². The van der Waals surface area contributed by atoms with Gasteiger partial charge in [-0.05, 0) is 43.5 Å². The normalized spacial score (nSPS) is 15.0. The highest BCUT2D eigenvalue weighted by atomic mass is 35.5. The second-order valence-corrected chi connectivity index (χ2v) is 7.06. The Bertz CT molecular complexity index is 899. The fraction of sp³-hybridized carbons (Fsp3) is 0.300. The van der Waals surface area contributed by atoms with E-state index in [-0.39, 0.29) is 18.0 Å². The van der Waals surface area contributed by atoms with Crippen LogP contribution in [-0.4, -0.2) is 26.6 Å². The van der Waals surface area contributed by atoms with E-state index in [9.17, 15) is 4.79 Å². The molecule has 1 aromatic carbocycles. The molecular weight excluding hydrogens is 350 g/mol. The summed E-state index contributed by atoms with van der Waals surface area (Å²) < 4.78 is 7.26. The van der Waals surface area contributed by atoms with Crippen molar-refractivity contribution in [3.63, 3.8) is 0 Å². The molecule has 0 spiro atoms. The molecule has 0 radical (unpaired) electrons. The van der Waals surface area contributed by atoms with Crippen LogP contribution in [-0.2, 0) is 6.54 Å². The van der Waals surface area contributed by atoms with Crippen molar-refractivity contribution in [1.82, 2.24) is 14.7 Å². The highest BCUT2D eigenvalue weighted by Crippen LogP contribution is 2.35. The van der Waals surface area contributed by atoms with Crippen LogP contribution < -0.4 is 0 Å². The molecule has 2 heterocycles. The molecule has 1 unspecified atom stereocenters. The molecule has 2 aromatic heterocycles. The van der Waals surface area contributed by atoms with Gasteiger partial charge in [-0.1, -0.05) is 29.8 Å². The molecule has 134 valence electrons. The maximum atomic E-state index is 13.1. The average molecular weight is 370 g/mol. The van der Waals surface area contributed by atoms with E-state index in [1.807, 2.05) is 48.2 Å². The van der Waals surface area contributed by atoms with Crippen LogP contribution in [0.5, 0.6) is 0 Å². The largest absolute Gasteiger partial charge is 0.467 e. The lowest BCUT2D eigenvalue weighted by molar-refractivity contribution is 0.0652. The van der Waals surface area contributed by atoms with Gasteiger partial charge in [-0.25, -0.2) is 0 Å². The lowest BCUT2D eigenvalue weighted by Crippen LogP contribution is -2.35. The van der Waals surface area contributed by atoms with Crippen LogP contribution in [0.1, 0.15) is 47.5 Å².